The quantitative estimate of drug-likeness (QED) is 0.0824. The molecule has 0 saturated carbocycles. The van der Waals surface area contributed by atoms with E-state index < -0.39 is 152 Å². The van der Waals surface area contributed by atoms with Crippen molar-refractivity contribution in [3.8, 4) is 28.0 Å². The number of aliphatic hydroxyl groups excluding tert-OH is 8. The van der Waals surface area contributed by atoms with Crippen molar-refractivity contribution in [3.63, 3.8) is 0 Å². The maximum atomic E-state index is 14.4. The van der Waals surface area contributed by atoms with Crippen molar-refractivity contribution in [3.05, 3.63) is 114 Å². The fourth-order valence-electron chi connectivity index (χ4n) is 9.57. The fourth-order valence-corrected chi connectivity index (χ4v) is 9.57. The summed E-state index contributed by atoms with van der Waals surface area (Å²) < 4.78 is 0. The maximum Gasteiger partial charge on any atom is 0.251 e. The van der Waals surface area contributed by atoms with Gasteiger partial charge >= 0.3 is 0 Å². The number of hydrogen-bond donors (Lipinski definition) is 14. The molecule has 0 aromatic heterocycles. The van der Waals surface area contributed by atoms with Gasteiger partial charge in [-0.05, 0) is 65.9 Å². The molecule has 3 saturated heterocycles. The Kier molecular flexibility index (Phi) is 17.9. The van der Waals surface area contributed by atoms with Crippen molar-refractivity contribution in [2.75, 3.05) is 13.1 Å². The first-order chi connectivity index (χ1) is 36.0. The highest BCUT2D eigenvalue weighted by Crippen LogP contribution is 2.29. The first-order valence-corrected chi connectivity index (χ1v) is 24.7. The molecule has 23 nitrogen and oxygen atoms in total. The molecule has 3 aliphatic heterocycles. The number of amides is 7. The second-order valence-corrected chi connectivity index (χ2v) is 19.6. The summed E-state index contributed by atoms with van der Waals surface area (Å²) in [6, 6.07) is 16.7. The summed E-state index contributed by atoms with van der Waals surface area (Å²) in [5.41, 5.74) is 3.48. The van der Waals surface area contributed by atoms with Gasteiger partial charge in [-0.2, -0.15) is 0 Å². The Labute approximate surface area is 436 Å². The minimum atomic E-state index is -2.29. The SMILES string of the molecule is CC(O)[C@@H]1NC(=O)[C@H]([C@H](O)[C@@H](O)c2ccc(O)cc2)NC(=O)[C@@H]2C[C@@H](O)CN2C(=O)[C@H](C(C)O)NC(=O)[C@H](NC(=O)c2ccc(-c3ccc(-c4ccccc4)cc3)cc2)C[C@@H](O)[C@@H](O)NC(=O)[C@@H]2[C@@H](O)[C@@H](C)CN2C1=O. The Hall–Kier alpha value is -7.35. The molecule has 406 valence electrons. The van der Waals surface area contributed by atoms with Gasteiger partial charge in [0.15, 0.2) is 6.23 Å². The molecule has 14 N–H and O–H groups in total. The molecule has 3 aliphatic rings. The number of phenolic OH excluding ortho intramolecular Hbond substituents is 1. The molecule has 4 aromatic carbocycles. The Morgan fingerprint density at radius 1 is 0.592 bits per heavy atom. The van der Waals surface area contributed by atoms with Crippen LogP contribution in [0.15, 0.2) is 103 Å². The summed E-state index contributed by atoms with van der Waals surface area (Å²) >= 11 is 0. The number of nitrogens with one attached hydrogen (secondary N) is 5. The standard InChI is InChI=1S/C53H63N7O16/c1-25-23-60-42(43(25)66)51(74)58-49(72)38(65)22-36(54-46(69)33-15-13-31(14-16-33)30-11-9-29(10-12-30)28-7-5-4-6-8-28)47(70)55-39(26(2)61)52(75)59-24-35(64)21-37(59)48(71)57-41(50(73)56-40(27(3)62)53(60)76)45(68)44(67)32-17-19-34(63)20-18-32/h4-20,25-27,35-45,49,61-68,72H,21-24H2,1-3H3,(H,54,69)(H,55,70)(H,56,73)(H,57,71)(H,58,74)/t25-,26?,27?,35+,36+,37-,38+,39-,40-,41-,42-,43-,44-,45-,49+/m0/s1. The molecule has 0 bridgehead atoms. The molecule has 15 atom stereocenters. The first kappa shape index (κ1) is 56.4. The normalized spacial score (nSPS) is 28.8. The average Bonchev–Trinajstić information content (AvgIpc) is 3.96. The van der Waals surface area contributed by atoms with Crippen LogP contribution in [0, 0.1) is 5.92 Å². The Balaban J connectivity index is 1.22. The molecule has 3 heterocycles. The summed E-state index contributed by atoms with van der Waals surface area (Å²) in [5.74, 6) is -9.43. The third-order valence-corrected chi connectivity index (χ3v) is 13.9. The van der Waals surface area contributed by atoms with Gasteiger partial charge in [0.2, 0.25) is 35.4 Å². The average molecular weight is 1050 g/mol. The topological polar surface area (TPSA) is 368 Å². The maximum absolute atomic E-state index is 14.4. The van der Waals surface area contributed by atoms with Crippen molar-refractivity contribution < 1.29 is 79.5 Å². The molecule has 3 fully saturated rings. The van der Waals surface area contributed by atoms with E-state index >= 15 is 0 Å². The van der Waals surface area contributed by atoms with Crippen molar-refractivity contribution in [1.29, 1.82) is 0 Å². The van der Waals surface area contributed by atoms with E-state index in [9.17, 15) is 79.5 Å². The van der Waals surface area contributed by atoms with E-state index in [4.69, 9.17) is 0 Å². The number of phenols is 1. The second-order valence-electron chi connectivity index (χ2n) is 19.6. The third kappa shape index (κ3) is 12.7. The minimum Gasteiger partial charge on any atom is -0.508 e. The van der Waals surface area contributed by atoms with E-state index in [-0.39, 0.29) is 23.4 Å². The van der Waals surface area contributed by atoms with Crippen LogP contribution in [0.25, 0.3) is 22.3 Å². The molecule has 2 unspecified atom stereocenters. The van der Waals surface area contributed by atoms with Gasteiger partial charge in [0.05, 0.1) is 24.4 Å². The number of carbonyl (C=O) groups excluding carboxylic acids is 7. The zero-order valence-electron chi connectivity index (χ0n) is 41.6. The van der Waals surface area contributed by atoms with Gasteiger partial charge in [-0.1, -0.05) is 85.8 Å². The molecule has 4 aromatic rings. The van der Waals surface area contributed by atoms with Crippen LogP contribution in [0.3, 0.4) is 0 Å². The number of nitrogens with zero attached hydrogens (tertiary/aromatic N) is 2. The van der Waals surface area contributed by atoms with E-state index in [1.807, 2.05) is 54.6 Å². The number of hydrogen-bond acceptors (Lipinski definition) is 16. The van der Waals surface area contributed by atoms with E-state index in [0.717, 1.165) is 58.0 Å². The van der Waals surface area contributed by atoms with E-state index in [1.165, 1.54) is 31.2 Å². The molecule has 0 radical (unpaired) electrons. The minimum absolute atomic E-state index is 0.0165. The van der Waals surface area contributed by atoms with Gasteiger partial charge in [0, 0.05) is 37.4 Å². The van der Waals surface area contributed by atoms with Gasteiger partial charge < -0.3 is 82.3 Å². The predicted octanol–water partition coefficient (Wildman–Crippen LogP) is -2.50. The molecular weight excluding hydrogens is 991 g/mol. The molecule has 7 amide bonds. The number of aromatic hydroxyl groups is 1. The van der Waals surface area contributed by atoms with E-state index in [2.05, 4.69) is 26.6 Å². The molecule has 23 heteroatoms. The fraction of sp³-hybridized carbons (Fsp3) is 0.415. The lowest BCUT2D eigenvalue weighted by molar-refractivity contribution is -0.148. The lowest BCUT2D eigenvalue weighted by atomic mass is 9.96. The number of carbonyl (C=O) groups is 7. The summed E-state index contributed by atoms with van der Waals surface area (Å²) in [7, 11) is 0. The largest absolute Gasteiger partial charge is 0.508 e. The van der Waals surface area contributed by atoms with Crippen LogP contribution in [0.1, 0.15) is 55.6 Å². The van der Waals surface area contributed by atoms with Crippen molar-refractivity contribution >= 4 is 41.4 Å². The Morgan fingerprint density at radius 3 is 1.67 bits per heavy atom. The molecular formula is C53H63N7O16. The van der Waals surface area contributed by atoms with Crippen LogP contribution >= 0.6 is 0 Å². The smallest absolute Gasteiger partial charge is 0.251 e. The van der Waals surface area contributed by atoms with Crippen LogP contribution < -0.4 is 26.6 Å². The Bertz CT molecular complexity index is 2730. The van der Waals surface area contributed by atoms with Crippen LogP contribution in [0.5, 0.6) is 5.75 Å². The number of aliphatic hydroxyl groups is 8. The van der Waals surface area contributed by atoms with Crippen molar-refractivity contribution in [2.24, 2.45) is 5.92 Å². The highest BCUT2D eigenvalue weighted by Gasteiger charge is 2.50. The van der Waals surface area contributed by atoms with Crippen LogP contribution in [-0.2, 0) is 28.8 Å². The summed E-state index contributed by atoms with van der Waals surface area (Å²) in [5, 5.41) is 111. The van der Waals surface area contributed by atoms with Crippen molar-refractivity contribution in [1.82, 2.24) is 36.4 Å². The number of benzene rings is 4. The molecule has 0 spiro atoms. The van der Waals surface area contributed by atoms with Crippen LogP contribution in [-0.4, -0.2) is 189 Å². The highest BCUT2D eigenvalue weighted by atomic mass is 16.3. The molecule has 7 rings (SSSR count). The van der Waals surface area contributed by atoms with Gasteiger partial charge in [0.1, 0.15) is 60.3 Å². The third-order valence-electron chi connectivity index (χ3n) is 13.9. The highest BCUT2D eigenvalue weighted by molar-refractivity contribution is 6.00. The molecule has 0 aliphatic carbocycles. The molecule has 76 heavy (non-hydrogen) atoms. The first-order valence-electron chi connectivity index (χ1n) is 24.7. The number of rotatable bonds is 9. The van der Waals surface area contributed by atoms with Crippen LogP contribution in [0.2, 0.25) is 0 Å². The van der Waals surface area contributed by atoms with Gasteiger partial charge in [0.25, 0.3) is 5.91 Å². The van der Waals surface area contributed by atoms with Crippen LogP contribution in [0.4, 0.5) is 0 Å². The van der Waals surface area contributed by atoms with E-state index in [1.54, 1.807) is 12.1 Å². The summed E-state index contributed by atoms with van der Waals surface area (Å²) in [4.78, 5) is 101. The van der Waals surface area contributed by atoms with Gasteiger partial charge in [-0.15, -0.1) is 0 Å². The zero-order chi connectivity index (χ0) is 55.3. The predicted molar refractivity (Wildman–Crippen MR) is 268 cm³/mol. The monoisotopic (exact) mass is 1050 g/mol. The lowest BCUT2D eigenvalue weighted by Crippen LogP contribution is -2.64. The summed E-state index contributed by atoms with van der Waals surface area (Å²) in [6.45, 7) is 2.70. The van der Waals surface area contributed by atoms with E-state index in [0.29, 0.717) is 0 Å². The van der Waals surface area contributed by atoms with Gasteiger partial charge in [-0.3, -0.25) is 33.6 Å². The van der Waals surface area contributed by atoms with Gasteiger partial charge in [-0.25, -0.2) is 0 Å². The zero-order valence-corrected chi connectivity index (χ0v) is 41.6. The summed E-state index contributed by atoms with van der Waals surface area (Å²) in [6.07, 6.45) is -16.7. The second kappa shape index (κ2) is 24.1. The van der Waals surface area contributed by atoms with Crippen molar-refractivity contribution in [2.45, 2.75) is 119 Å². The lowest BCUT2D eigenvalue weighted by Gasteiger charge is -2.34. The Morgan fingerprint density at radius 2 is 1.11 bits per heavy atom. The number of fused-ring (bicyclic) bond motifs is 2.